The fraction of sp³-hybridized carbons (Fsp3) is 0.889. The number of ether oxygens (including phenoxy) is 1. The number of hydrogen-bond donors (Lipinski definition) is 3. The highest BCUT2D eigenvalue weighted by Crippen LogP contribution is 2.16. The fourth-order valence-corrected chi connectivity index (χ4v) is 8.11. The summed E-state index contributed by atoms with van der Waals surface area (Å²) in [5.74, 6) is -0.164. The van der Waals surface area contributed by atoms with Gasteiger partial charge in [-0.1, -0.05) is 244 Å². The Morgan fingerprint density at radius 1 is 0.450 bits per heavy atom. The number of carbonyl (C=O) groups excluding carboxylic acids is 2. The molecule has 6 heteroatoms. The monoisotopic (exact) mass is 846 g/mol. The molecule has 0 heterocycles. The molecular weight excluding hydrogens is 743 g/mol. The van der Waals surface area contributed by atoms with E-state index in [1.54, 1.807) is 6.08 Å². The molecule has 0 aliphatic heterocycles. The lowest BCUT2D eigenvalue weighted by atomic mass is 10.0. The van der Waals surface area contributed by atoms with Crippen LogP contribution in [-0.4, -0.2) is 47.4 Å². The normalized spacial score (nSPS) is 12.8. The Morgan fingerprint density at radius 2 is 0.800 bits per heavy atom. The summed E-state index contributed by atoms with van der Waals surface area (Å²) in [5, 5.41) is 23.1. The van der Waals surface area contributed by atoms with Gasteiger partial charge in [-0.15, -0.1) is 0 Å². The first kappa shape index (κ1) is 58.3. The van der Waals surface area contributed by atoms with Gasteiger partial charge in [-0.05, 0) is 51.4 Å². The second kappa shape index (κ2) is 50.0. The van der Waals surface area contributed by atoms with E-state index in [1.807, 2.05) is 6.08 Å². The highest BCUT2D eigenvalue weighted by Gasteiger charge is 2.17. The Kier molecular flexibility index (Phi) is 48.6. The second-order valence-electron chi connectivity index (χ2n) is 18.2. The number of carbonyl (C=O) groups is 2. The summed E-state index contributed by atoms with van der Waals surface area (Å²) in [4.78, 5) is 24.4. The number of hydrogen-bond acceptors (Lipinski definition) is 5. The third-order valence-corrected chi connectivity index (χ3v) is 12.2. The van der Waals surface area contributed by atoms with Gasteiger partial charge >= 0.3 is 5.97 Å². The van der Waals surface area contributed by atoms with E-state index in [0.29, 0.717) is 19.4 Å². The first-order chi connectivity index (χ1) is 29.5. The number of rotatable bonds is 49. The molecule has 0 saturated heterocycles. The van der Waals surface area contributed by atoms with Crippen molar-refractivity contribution in [3.05, 3.63) is 24.3 Å². The topological polar surface area (TPSA) is 95.9 Å². The number of amides is 1. The van der Waals surface area contributed by atoms with E-state index in [1.165, 1.54) is 186 Å². The van der Waals surface area contributed by atoms with Crippen molar-refractivity contribution in [2.45, 2.75) is 296 Å². The molecular formula is C54H103NO5. The molecule has 6 nitrogen and oxygen atoms in total. The number of allylic oxidation sites excluding steroid dienone is 3. The standard InChI is InChI=1S/C54H103NO5/c1-3-5-7-9-11-13-15-16-17-18-19-20-21-22-23-24-25-26-28-30-34-38-42-46-52(57)51(50-56)55-53(58)47-43-39-35-31-29-33-37-41-45-49-60-54(59)48-44-40-36-32-27-14-12-10-8-6-4-2/h31,35,42,46,51-52,56-57H,3-30,32-34,36-41,43-45,47-50H2,1-2H3,(H,55,58)/b35-31-,46-42+. The van der Waals surface area contributed by atoms with E-state index in [2.05, 4.69) is 31.3 Å². The van der Waals surface area contributed by atoms with Crippen LogP contribution >= 0.6 is 0 Å². The lowest BCUT2D eigenvalue weighted by molar-refractivity contribution is -0.143. The molecule has 0 aromatic heterocycles. The number of unbranched alkanes of at least 4 members (excludes halogenated alkanes) is 36. The number of aliphatic hydroxyl groups excluding tert-OH is 2. The van der Waals surface area contributed by atoms with Crippen LogP contribution in [0.2, 0.25) is 0 Å². The van der Waals surface area contributed by atoms with Gasteiger partial charge in [-0.3, -0.25) is 9.59 Å². The Morgan fingerprint density at radius 3 is 1.22 bits per heavy atom. The van der Waals surface area contributed by atoms with Crippen LogP contribution in [0, 0.1) is 0 Å². The molecule has 0 aliphatic rings. The third-order valence-electron chi connectivity index (χ3n) is 12.2. The van der Waals surface area contributed by atoms with Crippen LogP contribution in [0.5, 0.6) is 0 Å². The van der Waals surface area contributed by atoms with Crippen LogP contribution in [0.15, 0.2) is 24.3 Å². The zero-order valence-corrected chi connectivity index (χ0v) is 40.2. The molecule has 0 aliphatic carbocycles. The fourth-order valence-electron chi connectivity index (χ4n) is 8.11. The number of nitrogens with one attached hydrogen (secondary N) is 1. The lowest BCUT2D eigenvalue weighted by Gasteiger charge is -2.19. The van der Waals surface area contributed by atoms with Crippen LogP contribution in [-0.2, 0) is 14.3 Å². The van der Waals surface area contributed by atoms with Crippen molar-refractivity contribution in [2.75, 3.05) is 13.2 Å². The van der Waals surface area contributed by atoms with Crippen LogP contribution in [0.4, 0.5) is 0 Å². The van der Waals surface area contributed by atoms with Gasteiger partial charge in [0.2, 0.25) is 5.91 Å². The number of aliphatic hydroxyl groups is 2. The van der Waals surface area contributed by atoms with Gasteiger partial charge in [0.05, 0.1) is 25.4 Å². The smallest absolute Gasteiger partial charge is 0.305 e. The van der Waals surface area contributed by atoms with Gasteiger partial charge in [0.25, 0.3) is 0 Å². The molecule has 0 aromatic rings. The van der Waals surface area contributed by atoms with Crippen molar-refractivity contribution in [2.24, 2.45) is 0 Å². The third kappa shape index (κ3) is 45.9. The summed E-state index contributed by atoms with van der Waals surface area (Å²) in [6.07, 6.45) is 59.1. The van der Waals surface area contributed by atoms with Crippen LogP contribution < -0.4 is 5.32 Å². The predicted octanol–water partition coefficient (Wildman–Crippen LogP) is 15.9. The summed E-state index contributed by atoms with van der Waals surface area (Å²) < 4.78 is 5.42. The highest BCUT2D eigenvalue weighted by atomic mass is 16.5. The Labute approximate surface area is 373 Å². The molecule has 3 N–H and O–H groups in total. The average Bonchev–Trinajstić information content (AvgIpc) is 3.25. The molecule has 354 valence electrons. The van der Waals surface area contributed by atoms with E-state index < -0.39 is 12.1 Å². The maximum Gasteiger partial charge on any atom is 0.305 e. The Balaban J connectivity index is 3.57. The Bertz CT molecular complexity index is 935. The van der Waals surface area contributed by atoms with Crippen molar-refractivity contribution >= 4 is 11.9 Å². The molecule has 0 saturated carbocycles. The van der Waals surface area contributed by atoms with Gasteiger partial charge in [0, 0.05) is 12.8 Å². The minimum Gasteiger partial charge on any atom is -0.466 e. The maximum absolute atomic E-state index is 12.4. The van der Waals surface area contributed by atoms with Gasteiger partial charge in [-0.25, -0.2) is 0 Å². The molecule has 0 radical (unpaired) electrons. The SMILES string of the molecule is CCCCCCCCCCCCCCCCCCCCCCC/C=C/C(O)C(CO)NC(=O)CCC/C=C\CCCCCCOC(=O)CCCCCCCCCCCCC. The van der Waals surface area contributed by atoms with E-state index in [-0.39, 0.29) is 18.5 Å². The lowest BCUT2D eigenvalue weighted by Crippen LogP contribution is -2.45. The molecule has 0 spiro atoms. The summed E-state index contributed by atoms with van der Waals surface area (Å²) in [7, 11) is 0. The maximum atomic E-state index is 12.4. The van der Waals surface area contributed by atoms with Crippen molar-refractivity contribution in [3.8, 4) is 0 Å². The van der Waals surface area contributed by atoms with E-state index in [0.717, 1.165) is 70.6 Å². The zero-order valence-electron chi connectivity index (χ0n) is 40.2. The van der Waals surface area contributed by atoms with Crippen LogP contribution in [0.3, 0.4) is 0 Å². The van der Waals surface area contributed by atoms with E-state index >= 15 is 0 Å². The van der Waals surface area contributed by atoms with Crippen LogP contribution in [0.1, 0.15) is 284 Å². The zero-order chi connectivity index (χ0) is 43.7. The molecule has 0 fully saturated rings. The quantitative estimate of drug-likeness (QED) is 0.0322. The minimum absolute atomic E-state index is 0.0380. The molecule has 0 aromatic carbocycles. The largest absolute Gasteiger partial charge is 0.466 e. The van der Waals surface area contributed by atoms with Gasteiger partial charge in [0.1, 0.15) is 0 Å². The van der Waals surface area contributed by atoms with Crippen molar-refractivity contribution in [3.63, 3.8) is 0 Å². The predicted molar refractivity (Wildman–Crippen MR) is 260 cm³/mol. The Hall–Kier alpha value is -1.66. The summed E-state index contributed by atoms with van der Waals surface area (Å²) in [5.41, 5.74) is 0. The summed E-state index contributed by atoms with van der Waals surface area (Å²) in [6.45, 7) is 4.81. The molecule has 0 bridgehead atoms. The van der Waals surface area contributed by atoms with E-state index in [9.17, 15) is 19.8 Å². The average molecular weight is 846 g/mol. The summed E-state index contributed by atoms with van der Waals surface area (Å²) >= 11 is 0. The second-order valence-corrected chi connectivity index (χ2v) is 18.2. The molecule has 60 heavy (non-hydrogen) atoms. The molecule has 1 amide bonds. The van der Waals surface area contributed by atoms with Gasteiger partial charge in [-0.2, -0.15) is 0 Å². The van der Waals surface area contributed by atoms with Gasteiger partial charge in [0.15, 0.2) is 0 Å². The van der Waals surface area contributed by atoms with Crippen molar-refractivity contribution in [1.82, 2.24) is 5.32 Å². The number of esters is 1. The first-order valence-electron chi connectivity index (χ1n) is 26.6. The van der Waals surface area contributed by atoms with E-state index in [4.69, 9.17) is 4.74 Å². The minimum atomic E-state index is -0.875. The van der Waals surface area contributed by atoms with Crippen molar-refractivity contribution < 1.29 is 24.5 Å². The summed E-state index contributed by atoms with van der Waals surface area (Å²) in [6, 6.07) is -0.665. The molecule has 2 atom stereocenters. The van der Waals surface area contributed by atoms with Gasteiger partial charge < -0.3 is 20.3 Å². The van der Waals surface area contributed by atoms with Crippen LogP contribution in [0.25, 0.3) is 0 Å². The molecule has 2 unspecified atom stereocenters. The first-order valence-corrected chi connectivity index (χ1v) is 26.6. The molecule has 0 rings (SSSR count). The highest BCUT2D eigenvalue weighted by molar-refractivity contribution is 5.76. The van der Waals surface area contributed by atoms with Crippen molar-refractivity contribution in [1.29, 1.82) is 0 Å².